The van der Waals surface area contributed by atoms with Crippen LogP contribution in [0.15, 0.2) is 41.5 Å². The Bertz CT molecular complexity index is 951. The number of pyridine rings is 1. The number of aromatic nitrogens is 1. The molecule has 3 heterocycles. The number of benzene rings is 1. The number of amidine groups is 1. The molecule has 28 heavy (non-hydrogen) atoms. The van der Waals surface area contributed by atoms with Crippen molar-refractivity contribution in [2.45, 2.75) is 18.6 Å². The Balaban J connectivity index is 1.66. The number of aliphatic imine (C=N–C) groups is 1. The minimum Gasteiger partial charge on any atom is -0.459 e. The zero-order valence-electron chi connectivity index (χ0n) is 15.0. The molecule has 1 aromatic carbocycles. The number of rotatable bonds is 3. The van der Waals surface area contributed by atoms with Crippen molar-refractivity contribution in [3.8, 4) is 0 Å². The van der Waals surface area contributed by atoms with E-state index >= 15 is 0 Å². The molecule has 0 aliphatic carbocycles. The van der Waals surface area contributed by atoms with Crippen LogP contribution in [-0.4, -0.2) is 36.2 Å². The molecule has 1 fully saturated rings. The molecule has 3 unspecified atom stereocenters. The molecule has 3 atom stereocenters. The van der Waals surface area contributed by atoms with Crippen molar-refractivity contribution in [2.24, 2.45) is 16.6 Å². The van der Waals surface area contributed by atoms with Crippen LogP contribution >= 0.6 is 0 Å². The number of carbonyl (C=O) groups is 1. The highest BCUT2D eigenvalue weighted by Gasteiger charge is 2.50. The fourth-order valence-electron chi connectivity index (χ4n) is 3.62. The molecule has 0 saturated carbocycles. The third-order valence-electron chi connectivity index (χ3n) is 5.09. The average Bonchev–Trinajstić information content (AvgIpc) is 3.13. The molecule has 2 aromatic rings. The van der Waals surface area contributed by atoms with Crippen molar-refractivity contribution in [2.75, 3.05) is 18.5 Å². The van der Waals surface area contributed by atoms with Crippen LogP contribution < -0.4 is 11.1 Å². The lowest BCUT2D eigenvalue weighted by Gasteiger charge is -2.38. The molecule has 7 nitrogen and oxygen atoms in total. The van der Waals surface area contributed by atoms with Crippen LogP contribution in [0.25, 0.3) is 0 Å². The number of nitrogens with one attached hydrogen (secondary N) is 1. The van der Waals surface area contributed by atoms with Gasteiger partial charge in [-0.3, -0.25) is 4.79 Å². The van der Waals surface area contributed by atoms with Gasteiger partial charge in [0.2, 0.25) is 0 Å². The molecular formula is C19H18F2N4O3. The number of fused-ring (bicyclic) bond motifs is 1. The normalized spacial score (nSPS) is 26.2. The number of ether oxygens (including phenoxy) is 2. The summed E-state index contributed by atoms with van der Waals surface area (Å²) in [5.74, 6) is -1.79. The smallest absolute Gasteiger partial charge is 0.283 e. The second kappa shape index (κ2) is 6.83. The van der Waals surface area contributed by atoms with Gasteiger partial charge in [0.05, 0.1) is 30.9 Å². The third-order valence-corrected chi connectivity index (χ3v) is 5.09. The molecule has 1 amide bonds. The first-order valence-corrected chi connectivity index (χ1v) is 8.69. The zero-order valence-corrected chi connectivity index (χ0v) is 15.0. The van der Waals surface area contributed by atoms with Crippen LogP contribution in [0, 0.1) is 17.6 Å². The Kier molecular flexibility index (Phi) is 4.46. The molecule has 4 rings (SSSR count). The van der Waals surface area contributed by atoms with Crippen molar-refractivity contribution in [3.05, 3.63) is 59.4 Å². The van der Waals surface area contributed by atoms with E-state index in [2.05, 4.69) is 15.3 Å². The molecule has 1 aromatic heterocycles. The predicted octanol–water partition coefficient (Wildman–Crippen LogP) is 2.19. The van der Waals surface area contributed by atoms with Crippen LogP contribution in [0.5, 0.6) is 0 Å². The lowest BCUT2D eigenvalue weighted by atomic mass is 9.77. The Morgan fingerprint density at radius 1 is 1.29 bits per heavy atom. The van der Waals surface area contributed by atoms with E-state index in [1.807, 2.05) is 0 Å². The molecule has 2 aliphatic heterocycles. The Morgan fingerprint density at radius 3 is 2.86 bits per heavy atom. The summed E-state index contributed by atoms with van der Waals surface area (Å²) in [6.07, 6.45) is 0.634. The van der Waals surface area contributed by atoms with Gasteiger partial charge in [-0.2, -0.15) is 0 Å². The summed E-state index contributed by atoms with van der Waals surface area (Å²) in [7, 11) is 0. The molecule has 0 radical (unpaired) electrons. The van der Waals surface area contributed by atoms with Gasteiger partial charge in [0.1, 0.15) is 23.4 Å². The highest BCUT2D eigenvalue weighted by atomic mass is 19.1. The largest absolute Gasteiger partial charge is 0.459 e. The summed E-state index contributed by atoms with van der Waals surface area (Å²) >= 11 is 0. The number of nitrogens with zero attached hydrogens (tertiary/aromatic N) is 2. The topological polar surface area (TPSA) is 98.8 Å². The van der Waals surface area contributed by atoms with Gasteiger partial charge in [-0.05, 0) is 37.3 Å². The summed E-state index contributed by atoms with van der Waals surface area (Å²) in [5.41, 5.74) is 5.45. The van der Waals surface area contributed by atoms with Crippen LogP contribution in [0.2, 0.25) is 0 Å². The molecule has 146 valence electrons. The number of amides is 1. The Labute approximate surface area is 159 Å². The van der Waals surface area contributed by atoms with E-state index in [1.165, 1.54) is 24.3 Å². The fraction of sp³-hybridized carbons (Fsp3) is 0.316. The minimum atomic E-state index is -1.01. The lowest BCUT2D eigenvalue weighted by Crippen LogP contribution is -2.47. The number of carbonyl (C=O) groups excluding carboxylic acids is 1. The number of anilines is 1. The van der Waals surface area contributed by atoms with Crippen LogP contribution in [0.4, 0.5) is 14.5 Å². The van der Waals surface area contributed by atoms with Gasteiger partial charge in [0.25, 0.3) is 11.9 Å². The Hall–Kier alpha value is -3.07. The number of hydrogen-bond acceptors (Lipinski definition) is 6. The maximum absolute atomic E-state index is 14.7. The first-order valence-electron chi connectivity index (χ1n) is 8.69. The molecule has 3 N–H and O–H groups in total. The maximum Gasteiger partial charge on any atom is 0.283 e. The summed E-state index contributed by atoms with van der Waals surface area (Å²) in [5, 5.41) is 2.64. The van der Waals surface area contributed by atoms with Crippen molar-refractivity contribution in [3.63, 3.8) is 0 Å². The van der Waals surface area contributed by atoms with Crippen LogP contribution in [0.1, 0.15) is 23.0 Å². The summed E-state index contributed by atoms with van der Waals surface area (Å²) in [4.78, 5) is 20.4. The lowest BCUT2D eigenvalue weighted by molar-refractivity contribution is 0.0817. The van der Waals surface area contributed by atoms with E-state index in [0.29, 0.717) is 18.9 Å². The summed E-state index contributed by atoms with van der Waals surface area (Å²) in [6, 6.07) is 6.56. The first kappa shape index (κ1) is 18.3. The van der Waals surface area contributed by atoms with E-state index in [-0.39, 0.29) is 29.3 Å². The Morgan fingerprint density at radius 2 is 2.11 bits per heavy atom. The summed E-state index contributed by atoms with van der Waals surface area (Å²) in [6.45, 7) is 2.47. The number of nitrogens with two attached hydrogens (primary N) is 1. The molecule has 0 bridgehead atoms. The standard InChI is InChI=1S/C19H18F2N4O3/c1-19(13-8-27-9-16(13)28-18(22)25-19)12-6-11(3-4-14(12)21)24-17(26)15-5-2-10(20)7-23-15/h2-7,13,16H,8-9H2,1H3,(H2,22,25)(H,24,26). The van der Waals surface area contributed by atoms with E-state index in [1.54, 1.807) is 6.92 Å². The SMILES string of the molecule is CC1(c2cc(NC(=O)c3ccc(F)cn3)ccc2F)N=C(N)OC2COCC21. The summed E-state index contributed by atoms with van der Waals surface area (Å²) < 4.78 is 38.7. The zero-order chi connectivity index (χ0) is 19.9. The number of hydrogen-bond donors (Lipinski definition) is 2. The van der Waals surface area contributed by atoms with Gasteiger partial charge in [0, 0.05) is 11.3 Å². The quantitative estimate of drug-likeness (QED) is 0.840. The minimum absolute atomic E-state index is 0.0291. The predicted molar refractivity (Wildman–Crippen MR) is 96.7 cm³/mol. The van der Waals surface area contributed by atoms with E-state index in [9.17, 15) is 13.6 Å². The van der Waals surface area contributed by atoms with Gasteiger partial charge >= 0.3 is 0 Å². The second-order valence-corrected chi connectivity index (χ2v) is 6.91. The molecule has 1 saturated heterocycles. The van der Waals surface area contributed by atoms with Crippen molar-refractivity contribution in [1.29, 1.82) is 0 Å². The first-order chi connectivity index (χ1) is 13.4. The van der Waals surface area contributed by atoms with Crippen molar-refractivity contribution >= 4 is 17.6 Å². The second-order valence-electron chi connectivity index (χ2n) is 6.91. The molecular weight excluding hydrogens is 370 g/mol. The molecule has 0 spiro atoms. The fourth-order valence-corrected chi connectivity index (χ4v) is 3.62. The van der Waals surface area contributed by atoms with Gasteiger partial charge in [0.15, 0.2) is 0 Å². The van der Waals surface area contributed by atoms with Crippen molar-refractivity contribution in [1.82, 2.24) is 4.98 Å². The average molecular weight is 388 g/mol. The van der Waals surface area contributed by atoms with Gasteiger partial charge in [-0.15, -0.1) is 0 Å². The van der Waals surface area contributed by atoms with Crippen LogP contribution in [-0.2, 0) is 15.0 Å². The van der Waals surface area contributed by atoms with Gasteiger partial charge in [-0.1, -0.05) is 0 Å². The number of halogens is 2. The monoisotopic (exact) mass is 388 g/mol. The van der Waals surface area contributed by atoms with Crippen LogP contribution in [0.3, 0.4) is 0 Å². The van der Waals surface area contributed by atoms with E-state index in [4.69, 9.17) is 15.2 Å². The highest BCUT2D eigenvalue weighted by molar-refractivity contribution is 6.02. The van der Waals surface area contributed by atoms with E-state index < -0.39 is 23.1 Å². The van der Waals surface area contributed by atoms with Gasteiger partial charge in [-0.25, -0.2) is 18.8 Å². The van der Waals surface area contributed by atoms with E-state index in [0.717, 1.165) is 12.3 Å². The van der Waals surface area contributed by atoms with Crippen molar-refractivity contribution < 1.29 is 23.0 Å². The third kappa shape index (κ3) is 3.18. The highest BCUT2D eigenvalue weighted by Crippen LogP contribution is 2.43. The molecule has 2 aliphatic rings. The maximum atomic E-state index is 14.7. The van der Waals surface area contributed by atoms with Gasteiger partial charge < -0.3 is 20.5 Å². The molecule has 9 heteroatoms.